The third kappa shape index (κ3) is 2.16. The maximum Gasteiger partial charge on any atom is 0.146 e. The normalized spacial score (nSPS) is 10.4. The largest absolute Gasteiger partial charge is 0.397 e. The maximum atomic E-state index is 13.9. The summed E-state index contributed by atoms with van der Waals surface area (Å²) in [6.45, 7) is 4.59. The van der Waals surface area contributed by atoms with Gasteiger partial charge in [0.2, 0.25) is 0 Å². The Morgan fingerprint density at radius 2 is 1.72 bits per heavy atom. The smallest absolute Gasteiger partial charge is 0.146 e. The molecule has 2 rings (SSSR count). The van der Waals surface area contributed by atoms with Crippen molar-refractivity contribution in [3.05, 3.63) is 53.8 Å². The zero-order valence-corrected chi connectivity index (χ0v) is 10.7. The van der Waals surface area contributed by atoms with Crippen LogP contribution in [0.4, 0.5) is 21.5 Å². The van der Waals surface area contributed by atoms with Crippen molar-refractivity contribution in [3.8, 4) is 0 Å². The van der Waals surface area contributed by atoms with Crippen LogP contribution in [0.1, 0.15) is 12.5 Å². The Morgan fingerprint density at radius 1 is 1.06 bits per heavy atom. The fourth-order valence-corrected chi connectivity index (χ4v) is 2.04. The van der Waals surface area contributed by atoms with E-state index in [-0.39, 0.29) is 5.82 Å². The van der Waals surface area contributed by atoms with Gasteiger partial charge in [0, 0.05) is 6.54 Å². The number of hydrogen-bond donors (Lipinski definition) is 1. The monoisotopic (exact) mass is 244 g/mol. The van der Waals surface area contributed by atoms with E-state index < -0.39 is 0 Å². The van der Waals surface area contributed by atoms with Crippen LogP contribution in [0.2, 0.25) is 0 Å². The van der Waals surface area contributed by atoms with E-state index in [4.69, 9.17) is 5.73 Å². The van der Waals surface area contributed by atoms with E-state index in [1.807, 2.05) is 43.0 Å². The number of nitrogens with zero attached hydrogens (tertiary/aromatic N) is 1. The second-order valence-electron chi connectivity index (χ2n) is 4.20. The van der Waals surface area contributed by atoms with E-state index in [1.165, 1.54) is 6.07 Å². The van der Waals surface area contributed by atoms with E-state index in [0.717, 1.165) is 11.3 Å². The molecule has 0 bridgehead atoms. The lowest BCUT2D eigenvalue weighted by Gasteiger charge is -2.25. The molecule has 0 radical (unpaired) electrons. The SMILES string of the molecule is CCN(c1ccccc1F)c1cccc(C)c1N. The van der Waals surface area contributed by atoms with Crippen molar-refractivity contribution in [3.63, 3.8) is 0 Å². The summed E-state index contributed by atoms with van der Waals surface area (Å²) in [6, 6.07) is 12.5. The second-order valence-corrected chi connectivity index (χ2v) is 4.20. The van der Waals surface area contributed by atoms with Gasteiger partial charge in [-0.25, -0.2) is 4.39 Å². The predicted octanol–water partition coefficient (Wildman–Crippen LogP) is 3.87. The number of aryl methyl sites for hydroxylation is 1. The summed E-state index contributed by atoms with van der Waals surface area (Å²) in [5.74, 6) is -0.236. The average Bonchev–Trinajstić information content (AvgIpc) is 2.37. The molecular weight excluding hydrogens is 227 g/mol. The maximum absolute atomic E-state index is 13.9. The van der Waals surface area contributed by atoms with Crippen LogP contribution < -0.4 is 10.6 Å². The van der Waals surface area contributed by atoms with Crippen LogP contribution in [0.5, 0.6) is 0 Å². The molecule has 0 atom stereocenters. The van der Waals surface area contributed by atoms with Gasteiger partial charge in [0.05, 0.1) is 17.1 Å². The fraction of sp³-hybridized carbons (Fsp3) is 0.200. The van der Waals surface area contributed by atoms with Gasteiger partial charge in [-0.3, -0.25) is 0 Å². The highest BCUT2D eigenvalue weighted by Crippen LogP contribution is 2.33. The van der Waals surface area contributed by atoms with Gasteiger partial charge in [0.1, 0.15) is 5.82 Å². The van der Waals surface area contributed by atoms with Crippen LogP contribution >= 0.6 is 0 Å². The van der Waals surface area contributed by atoms with Gasteiger partial charge in [-0.1, -0.05) is 24.3 Å². The molecule has 2 aromatic carbocycles. The minimum Gasteiger partial charge on any atom is -0.397 e. The molecule has 2 aromatic rings. The Bertz CT molecular complexity index is 552. The second kappa shape index (κ2) is 5.08. The molecule has 2 nitrogen and oxygen atoms in total. The average molecular weight is 244 g/mol. The van der Waals surface area contributed by atoms with Crippen molar-refractivity contribution >= 4 is 17.1 Å². The minimum absolute atomic E-state index is 0.236. The van der Waals surface area contributed by atoms with Gasteiger partial charge in [-0.15, -0.1) is 0 Å². The number of hydrogen-bond acceptors (Lipinski definition) is 2. The molecule has 0 saturated heterocycles. The van der Waals surface area contributed by atoms with Gasteiger partial charge in [0.15, 0.2) is 0 Å². The number of para-hydroxylation sites is 2. The lowest BCUT2D eigenvalue weighted by molar-refractivity contribution is 0.626. The van der Waals surface area contributed by atoms with Crippen molar-refractivity contribution in [2.75, 3.05) is 17.2 Å². The van der Waals surface area contributed by atoms with Crippen molar-refractivity contribution in [2.24, 2.45) is 0 Å². The molecule has 0 spiro atoms. The minimum atomic E-state index is -0.236. The highest BCUT2D eigenvalue weighted by Gasteiger charge is 2.14. The molecule has 0 aromatic heterocycles. The number of anilines is 3. The highest BCUT2D eigenvalue weighted by molar-refractivity contribution is 5.77. The Morgan fingerprint density at radius 3 is 2.39 bits per heavy atom. The lowest BCUT2D eigenvalue weighted by Crippen LogP contribution is -2.19. The molecule has 94 valence electrons. The molecule has 0 aliphatic rings. The summed E-state index contributed by atoms with van der Waals surface area (Å²) in [5, 5.41) is 0. The summed E-state index contributed by atoms with van der Waals surface area (Å²) in [5.41, 5.74) is 9.18. The number of nitrogen functional groups attached to an aromatic ring is 1. The Hall–Kier alpha value is -2.03. The van der Waals surface area contributed by atoms with Crippen LogP contribution in [0, 0.1) is 12.7 Å². The summed E-state index contributed by atoms with van der Waals surface area (Å²) in [7, 11) is 0. The van der Waals surface area contributed by atoms with Gasteiger partial charge in [-0.2, -0.15) is 0 Å². The summed E-state index contributed by atoms with van der Waals surface area (Å²) in [6.07, 6.45) is 0. The molecule has 2 N–H and O–H groups in total. The molecule has 0 fully saturated rings. The number of nitrogens with two attached hydrogens (primary N) is 1. The summed E-state index contributed by atoms with van der Waals surface area (Å²) < 4.78 is 13.9. The quantitative estimate of drug-likeness (QED) is 0.830. The molecule has 0 aliphatic carbocycles. The lowest BCUT2D eigenvalue weighted by atomic mass is 10.1. The van der Waals surface area contributed by atoms with Crippen LogP contribution in [0.25, 0.3) is 0 Å². The molecule has 18 heavy (non-hydrogen) atoms. The van der Waals surface area contributed by atoms with E-state index in [0.29, 0.717) is 17.9 Å². The van der Waals surface area contributed by atoms with Crippen molar-refractivity contribution in [2.45, 2.75) is 13.8 Å². The third-order valence-corrected chi connectivity index (χ3v) is 3.05. The van der Waals surface area contributed by atoms with Gasteiger partial charge < -0.3 is 10.6 Å². The van der Waals surface area contributed by atoms with Crippen LogP contribution in [0.15, 0.2) is 42.5 Å². The van der Waals surface area contributed by atoms with E-state index in [1.54, 1.807) is 12.1 Å². The van der Waals surface area contributed by atoms with Crippen LogP contribution in [-0.4, -0.2) is 6.54 Å². The molecule has 0 amide bonds. The van der Waals surface area contributed by atoms with Gasteiger partial charge in [0.25, 0.3) is 0 Å². The van der Waals surface area contributed by atoms with Gasteiger partial charge in [-0.05, 0) is 37.6 Å². The number of rotatable bonds is 3. The van der Waals surface area contributed by atoms with Crippen molar-refractivity contribution < 1.29 is 4.39 Å². The first-order valence-corrected chi connectivity index (χ1v) is 6.02. The number of benzene rings is 2. The zero-order valence-electron chi connectivity index (χ0n) is 10.7. The molecule has 3 heteroatoms. The van der Waals surface area contributed by atoms with Crippen LogP contribution in [-0.2, 0) is 0 Å². The Kier molecular flexibility index (Phi) is 3.51. The number of halogens is 1. The molecular formula is C15H17FN2. The standard InChI is InChI=1S/C15H17FN2/c1-3-18(13-9-5-4-8-12(13)16)14-10-6-7-11(2)15(14)17/h4-10H,3,17H2,1-2H3. The summed E-state index contributed by atoms with van der Waals surface area (Å²) >= 11 is 0. The molecule has 0 heterocycles. The first-order valence-electron chi connectivity index (χ1n) is 6.02. The molecule has 0 saturated carbocycles. The zero-order chi connectivity index (χ0) is 13.1. The first kappa shape index (κ1) is 12.4. The molecule has 0 unspecified atom stereocenters. The van der Waals surface area contributed by atoms with Gasteiger partial charge >= 0.3 is 0 Å². The Balaban J connectivity index is 2.53. The van der Waals surface area contributed by atoms with E-state index >= 15 is 0 Å². The third-order valence-electron chi connectivity index (χ3n) is 3.05. The van der Waals surface area contributed by atoms with E-state index in [9.17, 15) is 4.39 Å². The van der Waals surface area contributed by atoms with Crippen molar-refractivity contribution in [1.29, 1.82) is 0 Å². The Labute approximate surface area is 107 Å². The topological polar surface area (TPSA) is 29.3 Å². The van der Waals surface area contributed by atoms with Crippen molar-refractivity contribution in [1.82, 2.24) is 0 Å². The fourth-order valence-electron chi connectivity index (χ4n) is 2.04. The van der Waals surface area contributed by atoms with Crippen LogP contribution in [0.3, 0.4) is 0 Å². The molecule has 0 aliphatic heterocycles. The highest BCUT2D eigenvalue weighted by atomic mass is 19.1. The summed E-state index contributed by atoms with van der Waals surface area (Å²) in [4.78, 5) is 1.89. The first-order chi connectivity index (χ1) is 8.65. The van der Waals surface area contributed by atoms with E-state index in [2.05, 4.69) is 0 Å². The predicted molar refractivity (Wildman–Crippen MR) is 74.7 cm³/mol.